The smallest absolute Gasteiger partial charge is 0.407 e. The van der Waals surface area contributed by atoms with E-state index in [1.54, 1.807) is 0 Å². The number of nitriles is 1. The lowest BCUT2D eigenvalue weighted by atomic mass is 9.87. The largest absolute Gasteiger partial charge is 0.446 e. The fraction of sp³-hybridized carbons (Fsp3) is 0.714. The predicted molar refractivity (Wildman–Crippen MR) is 69.9 cm³/mol. The lowest BCUT2D eigenvalue weighted by molar-refractivity contribution is 0.0642. The fourth-order valence-corrected chi connectivity index (χ4v) is 2.07. The monoisotopic (exact) mass is 250 g/mol. The molecule has 0 aromatic carbocycles. The van der Waals surface area contributed by atoms with Crippen LogP contribution in [-0.4, -0.2) is 17.7 Å². The van der Waals surface area contributed by atoms with Gasteiger partial charge in [0.05, 0.1) is 6.07 Å². The van der Waals surface area contributed by atoms with Crippen molar-refractivity contribution < 1.29 is 9.53 Å². The highest BCUT2D eigenvalue weighted by molar-refractivity contribution is 5.68. The molecule has 0 spiro atoms. The molecule has 1 aliphatic rings. The average molecular weight is 250 g/mol. The summed E-state index contributed by atoms with van der Waals surface area (Å²) in [6, 6.07) is 2.01. The molecule has 100 valence electrons. The molecule has 0 aromatic rings. The van der Waals surface area contributed by atoms with Gasteiger partial charge >= 0.3 is 6.09 Å². The highest BCUT2D eigenvalue weighted by Crippen LogP contribution is 2.27. The van der Waals surface area contributed by atoms with E-state index >= 15 is 0 Å². The number of rotatable bonds is 2. The Labute approximate surface area is 109 Å². The summed E-state index contributed by atoms with van der Waals surface area (Å²) in [5, 5.41) is 11.3. The molecule has 18 heavy (non-hydrogen) atoms. The topological polar surface area (TPSA) is 62.1 Å². The van der Waals surface area contributed by atoms with Gasteiger partial charge in [0.1, 0.15) is 6.10 Å². The highest BCUT2D eigenvalue weighted by Gasteiger charge is 2.24. The Bertz CT molecular complexity index is 342. The molecule has 1 fully saturated rings. The van der Waals surface area contributed by atoms with Crippen LogP contribution in [0.4, 0.5) is 4.79 Å². The van der Waals surface area contributed by atoms with E-state index in [1.807, 2.05) is 32.9 Å². The second kappa shape index (κ2) is 6.44. The second-order valence-electron chi connectivity index (χ2n) is 5.81. The first-order valence-corrected chi connectivity index (χ1v) is 6.46. The van der Waals surface area contributed by atoms with E-state index in [1.165, 1.54) is 6.08 Å². The molecule has 1 rings (SSSR count). The summed E-state index contributed by atoms with van der Waals surface area (Å²) >= 11 is 0. The van der Waals surface area contributed by atoms with Crippen LogP contribution in [0, 0.1) is 17.2 Å². The van der Waals surface area contributed by atoms with Crippen LogP contribution in [0.2, 0.25) is 0 Å². The summed E-state index contributed by atoms with van der Waals surface area (Å²) in [6.45, 7) is 5.79. The molecule has 0 heterocycles. The Balaban J connectivity index is 2.30. The molecule has 0 aromatic heterocycles. The van der Waals surface area contributed by atoms with Crippen LogP contribution in [0.3, 0.4) is 0 Å². The van der Waals surface area contributed by atoms with Crippen molar-refractivity contribution in [2.24, 2.45) is 5.92 Å². The summed E-state index contributed by atoms with van der Waals surface area (Å²) in [5.41, 5.74) is -0.260. The third-order valence-corrected chi connectivity index (χ3v) is 2.91. The number of ether oxygens (including phenoxy) is 1. The van der Waals surface area contributed by atoms with Gasteiger partial charge in [-0.25, -0.2) is 4.79 Å². The van der Waals surface area contributed by atoms with Crippen LogP contribution in [0.15, 0.2) is 12.2 Å². The Hall–Kier alpha value is -1.50. The van der Waals surface area contributed by atoms with E-state index in [-0.39, 0.29) is 17.7 Å². The molecule has 1 saturated carbocycles. The first-order chi connectivity index (χ1) is 8.40. The van der Waals surface area contributed by atoms with Crippen LogP contribution < -0.4 is 5.32 Å². The molecular weight excluding hydrogens is 228 g/mol. The quantitative estimate of drug-likeness (QED) is 0.766. The number of hydrogen-bond acceptors (Lipinski definition) is 3. The Kier molecular flexibility index (Phi) is 5.21. The van der Waals surface area contributed by atoms with Crippen molar-refractivity contribution >= 4 is 6.09 Å². The SMILES string of the molecule is CC(C)(C)NC(=O)OC1CCC(C=CC#N)CC1. The minimum absolute atomic E-state index is 0.0130. The fourth-order valence-electron chi connectivity index (χ4n) is 2.07. The summed E-state index contributed by atoms with van der Waals surface area (Å²) in [4.78, 5) is 11.6. The van der Waals surface area contributed by atoms with Gasteiger partial charge in [0.2, 0.25) is 0 Å². The van der Waals surface area contributed by atoms with Crippen molar-refractivity contribution in [1.29, 1.82) is 5.26 Å². The van der Waals surface area contributed by atoms with Gasteiger partial charge in [0.25, 0.3) is 0 Å². The van der Waals surface area contributed by atoms with E-state index in [0.29, 0.717) is 5.92 Å². The molecule has 1 N–H and O–H groups in total. The van der Waals surface area contributed by atoms with Crippen molar-refractivity contribution in [3.63, 3.8) is 0 Å². The molecule has 0 radical (unpaired) electrons. The van der Waals surface area contributed by atoms with Gasteiger partial charge in [0.15, 0.2) is 0 Å². The van der Waals surface area contributed by atoms with Gasteiger partial charge in [-0.05, 0) is 52.4 Å². The first-order valence-electron chi connectivity index (χ1n) is 6.46. The second-order valence-corrected chi connectivity index (χ2v) is 5.81. The highest BCUT2D eigenvalue weighted by atomic mass is 16.6. The number of nitrogens with zero attached hydrogens (tertiary/aromatic N) is 1. The van der Waals surface area contributed by atoms with Crippen LogP contribution in [0.5, 0.6) is 0 Å². The standard InChI is InChI=1S/C14H22N2O2/c1-14(2,3)16-13(17)18-12-8-6-11(7-9-12)5-4-10-15/h4-5,11-12H,6-9H2,1-3H3,(H,16,17). The molecule has 0 unspecified atom stereocenters. The summed E-state index contributed by atoms with van der Waals surface area (Å²) in [7, 11) is 0. The minimum atomic E-state index is -0.335. The number of carbonyl (C=O) groups excluding carboxylic acids is 1. The van der Waals surface area contributed by atoms with Gasteiger partial charge in [0, 0.05) is 11.6 Å². The van der Waals surface area contributed by atoms with Gasteiger partial charge < -0.3 is 10.1 Å². The number of carbonyl (C=O) groups is 1. The van der Waals surface area contributed by atoms with Crippen molar-refractivity contribution in [1.82, 2.24) is 5.32 Å². The third-order valence-electron chi connectivity index (χ3n) is 2.91. The van der Waals surface area contributed by atoms with E-state index in [0.717, 1.165) is 25.7 Å². The lowest BCUT2D eigenvalue weighted by Gasteiger charge is -2.28. The minimum Gasteiger partial charge on any atom is -0.446 e. The zero-order chi connectivity index (χ0) is 13.6. The summed E-state index contributed by atoms with van der Waals surface area (Å²) < 4.78 is 5.38. The predicted octanol–water partition coefficient (Wildman–Crippen LogP) is 3.15. The van der Waals surface area contributed by atoms with Crippen molar-refractivity contribution in [2.75, 3.05) is 0 Å². The third kappa shape index (κ3) is 5.72. The van der Waals surface area contributed by atoms with Gasteiger partial charge in [-0.3, -0.25) is 0 Å². The molecule has 0 saturated heterocycles. The maximum atomic E-state index is 11.6. The maximum Gasteiger partial charge on any atom is 0.407 e. The Morgan fingerprint density at radius 3 is 2.44 bits per heavy atom. The van der Waals surface area contributed by atoms with Crippen molar-refractivity contribution in [2.45, 2.75) is 58.1 Å². The number of amides is 1. The van der Waals surface area contributed by atoms with Crippen LogP contribution >= 0.6 is 0 Å². The van der Waals surface area contributed by atoms with Gasteiger partial charge in [-0.15, -0.1) is 0 Å². The number of nitrogens with one attached hydrogen (secondary N) is 1. The molecule has 1 aliphatic carbocycles. The summed E-state index contributed by atoms with van der Waals surface area (Å²) in [5.74, 6) is 0.454. The molecule has 4 heteroatoms. The molecule has 0 bridgehead atoms. The number of alkyl carbamates (subject to hydrolysis) is 1. The Morgan fingerprint density at radius 1 is 1.33 bits per heavy atom. The lowest BCUT2D eigenvalue weighted by Crippen LogP contribution is -2.42. The molecular formula is C14H22N2O2. The van der Waals surface area contributed by atoms with E-state index < -0.39 is 0 Å². The van der Waals surface area contributed by atoms with E-state index in [4.69, 9.17) is 10.00 Å². The Morgan fingerprint density at radius 2 is 1.94 bits per heavy atom. The van der Waals surface area contributed by atoms with Gasteiger partial charge in [-0.1, -0.05) is 6.08 Å². The van der Waals surface area contributed by atoms with Crippen LogP contribution in [0.25, 0.3) is 0 Å². The molecule has 0 atom stereocenters. The van der Waals surface area contributed by atoms with E-state index in [9.17, 15) is 4.79 Å². The number of hydrogen-bond donors (Lipinski definition) is 1. The molecule has 0 aliphatic heterocycles. The molecule has 4 nitrogen and oxygen atoms in total. The average Bonchev–Trinajstić information content (AvgIpc) is 2.25. The van der Waals surface area contributed by atoms with Crippen molar-refractivity contribution in [3.05, 3.63) is 12.2 Å². The number of allylic oxidation sites excluding steroid dienone is 2. The zero-order valence-corrected chi connectivity index (χ0v) is 11.4. The van der Waals surface area contributed by atoms with E-state index in [2.05, 4.69) is 5.32 Å². The van der Waals surface area contributed by atoms with Crippen molar-refractivity contribution in [3.8, 4) is 6.07 Å². The van der Waals surface area contributed by atoms with Gasteiger partial charge in [-0.2, -0.15) is 5.26 Å². The normalized spacial score (nSPS) is 24.6. The van der Waals surface area contributed by atoms with Crippen LogP contribution in [0.1, 0.15) is 46.5 Å². The maximum absolute atomic E-state index is 11.6. The zero-order valence-electron chi connectivity index (χ0n) is 11.4. The summed E-state index contributed by atoms with van der Waals surface area (Å²) in [6.07, 6.45) is 6.87. The molecule has 1 amide bonds. The van der Waals surface area contributed by atoms with Crippen LogP contribution in [-0.2, 0) is 4.74 Å². The first kappa shape index (κ1) is 14.6.